The second-order valence-corrected chi connectivity index (χ2v) is 5.91. The van der Waals surface area contributed by atoms with Gasteiger partial charge in [0.25, 0.3) is 0 Å². The molecule has 1 fully saturated rings. The molecule has 1 saturated heterocycles. The molecule has 0 radical (unpaired) electrons. The molecular formula is C15H15Cl2N3O2. The zero-order valence-corrected chi connectivity index (χ0v) is 13.3. The van der Waals surface area contributed by atoms with Crippen LogP contribution in [0.15, 0.2) is 30.6 Å². The minimum atomic E-state index is -0.304. The number of β-amino-alcohol motifs (C(OH)–C–C–N with tert-alkyl or cyclic N) is 1. The van der Waals surface area contributed by atoms with Crippen LogP contribution < -0.4 is 9.64 Å². The van der Waals surface area contributed by atoms with Gasteiger partial charge in [0.1, 0.15) is 6.61 Å². The van der Waals surface area contributed by atoms with E-state index in [0.717, 1.165) is 18.5 Å². The zero-order chi connectivity index (χ0) is 15.5. The van der Waals surface area contributed by atoms with E-state index in [0.29, 0.717) is 28.3 Å². The maximum absolute atomic E-state index is 9.53. The van der Waals surface area contributed by atoms with Crippen molar-refractivity contribution in [2.24, 2.45) is 0 Å². The molecule has 2 aromatic rings. The second kappa shape index (κ2) is 6.69. The van der Waals surface area contributed by atoms with E-state index in [1.165, 1.54) is 0 Å². The average molecular weight is 340 g/mol. The number of aromatic nitrogens is 2. The Morgan fingerprint density at radius 1 is 1.23 bits per heavy atom. The summed E-state index contributed by atoms with van der Waals surface area (Å²) in [4.78, 5) is 10.5. The van der Waals surface area contributed by atoms with Crippen molar-refractivity contribution in [3.8, 4) is 5.75 Å². The fraction of sp³-hybridized carbons (Fsp3) is 0.333. The molecule has 0 spiro atoms. The Balaban J connectivity index is 1.64. The van der Waals surface area contributed by atoms with Gasteiger partial charge in [-0.2, -0.15) is 0 Å². The first-order valence-electron chi connectivity index (χ1n) is 6.94. The van der Waals surface area contributed by atoms with Crippen molar-refractivity contribution >= 4 is 29.2 Å². The van der Waals surface area contributed by atoms with Crippen LogP contribution in [-0.4, -0.2) is 34.3 Å². The number of aliphatic hydroxyl groups is 1. The van der Waals surface area contributed by atoms with Crippen molar-refractivity contribution in [3.63, 3.8) is 0 Å². The van der Waals surface area contributed by atoms with Crippen molar-refractivity contribution in [1.29, 1.82) is 0 Å². The molecule has 1 aliphatic rings. The Labute approximate surface area is 138 Å². The van der Waals surface area contributed by atoms with Gasteiger partial charge in [-0.3, -0.25) is 0 Å². The van der Waals surface area contributed by atoms with E-state index in [1.54, 1.807) is 30.6 Å². The van der Waals surface area contributed by atoms with E-state index >= 15 is 0 Å². The molecule has 7 heteroatoms. The predicted octanol–water partition coefficient (Wildman–Crippen LogP) is 2.93. The van der Waals surface area contributed by atoms with Gasteiger partial charge in [0, 0.05) is 28.7 Å². The third kappa shape index (κ3) is 3.43. The molecule has 1 atom stereocenters. The van der Waals surface area contributed by atoms with Gasteiger partial charge in [0.2, 0.25) is 5.95 Å². The Morgan fingerprint density at radius 3 is 2.50 bits per heavy atom. The lowest BCUT2D eigenvalue weighted by Crippen LogP contribution is -2.23. The highest BCUT2D eigenvalue weighted by atomic mass is 35.5. The molecule has 116 valence electrons. The molecule has 0 saturated carbocycles. The van der Waals surface area contributed by atoms with Crippen LogP contribution in [0.3, 0.4) is 0 Å². The quantitative estimate of drug-likeness (QED) is 0.927. The summed E-state index contributed by atoms with van der Waals surface area (Å²) >= 11 is 12.2. The summed E-state index contributed by atoms with van der Waals surface area (Å²) in [5.41, 5.74) is 0.734. The number of halogens is 2. The first-order valence-corrected chi connectivity index (χ1v) is 7.70. The lowest BCUT2D eigenvalue weighted by Gasteiger charge is -2.15. The van der Waals surface area contributed by atoms with Crippen LogP contribution in [0.25, 0.3) is 0 Å². The third-order valence-corrected chi connectivity index (χ3v) is 4.21. The molecule has 2 heterocycles. The summed E-state index contributed by atoms with van der Waals surface area (Å²) in [5.74, 6) is 1.14. The van der Waals surface area contributed by atoms with Crippen LogP contribution in [-0.2, 0) is 6.61 Å². The molecule has 1 aliphatic heterocycles. The maximum Gasteiger partial charge on any atom is 0.225 e. The Kier molecular flexibility index (Phi) is 4.66. The number of benzene rings is 1. The van der Waals surface area contributed by atoms with Gasteiger partial charge < -0.3 is 14.7 Å². The lowest BCUT2D eigenvalue weighted by atomic mass is 10.2. The van der Waals surface area contributed by atoms with Crippen LogP contribution >= 0.6 is 23.2 Å². The lowest BCUT2D eigenvalue weighted by molar-refractivity contribution is 0.198. The fourth-order valence-electron chi connectivity index (χ4n) is 2.30. The molecule has 0 unspecified atom stereocenters. The van der Waals surface area contributed by atoms with Crippen LogP contribution in [0.2, 0.25) is 10.0 Å². The highest BCUT2D eigenvalue weighted by Crippen LogP contribution is 2.26. The molecule has 0 aliphatic carbocycles. The van der Waals surface area contributed by atoms with Crippen molar-refractivity contribution in [1.82, 2.24) is 9.97 Å². The predicted molar refractivity (Wildman–Crippen MR) is 85.7 cm³/mol. The van der Waals surface area contributed by atoms with E-state index in [-0.39, 0.29) is 12.7 Å². The Morgan fingerprint density at radius 2 is 1.91 bits per heavy atom. The number of nitrogens with zero attached hydrogens (tertiary/aromatic N) is 3. The van der Waals surface area contributed by atoms with Gasteiger partial charge >= 0.3 is 0 Å². The van der Waals surface area contributed by atoms with E-state index in [1.807, 2.05) is 4.90 Å². The number of aliphatic hydroxyl groups excluding tert-OH is 1. The topological polar surface area (TPSA) is 58.5 Å². The summed E-state index contributed by atoms with van der Waals surface area (Å²) in [6.07, 6.45) is 3.66. The first kappa shape index (κ1) is 15.3. The van der Waals surface area contributed by atoms with Crippen molar-refractivity contribution in [3.05, 3.63) is 46.2 Å². The third-order valence-electron chi connectivity index (χ3n) is 3.51. The number of ether oxygens (including phenoxy) is 1. The van der Waals surface area contributed by atoms with Crippen molar-refractivity contribution in [2.75, 3.05) is 18.0 Å². The fourth-order valence-corrected chi connectivity index (χ4v) is 2.80. The molecule has 0 amide bonds. The summed E-state index contributed by atoms with van der Waals surface area (Å²) in [7, 11) is 0. The van der Waals surface area contributed by atoms with E-state index < -0.39 is 0 Å². The van der Waals surface area contributed by atoms with Gasteiger partial charge in [0.15, 0.2) is 5.75 Å². The van der Waals surface area contributed by atoms with Gasteiger partial charge in [-0.1, -0.05) is 29.3 Å². The summed E-state index contributed by atoms with van der Waals surface area (Å²) < 4.78 is 5.63. The summed E-state index contributed by atoms with van der Waals surface area (Å²) in [6.45, 7) is 1.58. The highest BCUT2D eigenvalue weighted by molar-refractivity contribution is 6.35. The van der Waals surface area contributed by atoms with Crippen LogP contribution in [0.5, 0.6) is 5.75 Å². The maximum atomic E-state index is 9.53. The molecule has 0 bridgehead atoms. The highest BCUT2D eigenvalue weighted by Gasteiger charge is 2.22. The second-order valence-electron chi connectivity index (χ2n) is 5.10. The zero-order valence-electron chi connectivity index (χ0n) is 11.7. The van der Waals surface area contributed by atoms with E-state index in [9.17, 15) is 5.11 Å². The summed E-state index contributed by atoms with van der Waals surface area (Å²) in [6, 6.07) is 5.32. The number of anilines is 1. The molecule has 1 aromatic heterocycles. The SMILES string of the molecule is O[C@H]1CCN(c2ncc(OCc3c(Cl)cccc3Cl)cn2)C1. The number of rotatable bonds is 4. The minimum absolute atomic E-state index is 0.254. The van der Waals surface area contributed by atoms with Gasteiger partial charge in [0.05, 0.1) is 18.5 Å². The van der Waals surface area contributed by atoms with Crippen LogP contribution in [0.1, 0.15) is 12.0 Å². The largest absolute Gasteiger partial charge is 0.486 e. The van der Waals surface area contributed by atoms with Crippen LogP contribution in [0.4, 0.5) is 5.95 Å². The minimum Gasteiger partial charge on any atom is -0.486 e. The first-order chi connectivity index (χ1) is 10.6. The normalized spacial score (nSPS) is 17.8. The van der Waals surface area contributed by atoms with Gasteiger partial charge in [-0.05, 0) is 18.6 Å². The van der Waals surface area contributed by atoms with Gasteiger partial charge in [-0.15, -0.1) is 0 Å². The standard InChI is InChI=1S/C15H15Cl2N3O2/c16-13-2-1-3-14(17)12(13)9-22-11-6-18-15(19-7-11)20-5-4-10(21)8-20/h1-3,6-7,10,21H,4-5,8-9H2/t10-/m0/s1. The average Bonchev–Trinajstić information content (AvgIpc) is 2.94. The van der Waals surface area contributed by atoms with Crippen molar-refractivity contribution < 1.29 is 9.84 Å². The molecule has 1 N–H and O–H groups in total. The number of hydrogen-bond acceptors (Lipinski definition) is 5. The van der Waals surface area contributed by atoms with Gasteiger partial charge in [-0.25, -0.2) is 9.97 Å². The Hall–Kier alpha value is -1.56. The number of hydrogen-bond donors (Lipinski definition) is 1. The Bertz CT molecular complexity index is 631. The molecule has 5 nitrogen and oxygen atoms in total. The molecular weight excluding hydrogens is 325 g/mol. The molecule has 1 aromatic carbocycles. The summed E-state index contributed by atoms with van der Waals surface area (Å²) in [5, 5.41) is 10.7. The molecule has 3 rings (SSSR count). The monoisotopic (exact) mass is 339 g/mol. The van der Waals surface area contributed by atoms with Crippen LogP contribution in [0, 0.1) is 0 Å². The smallest absolute Gasteiger partial charge is 0.225 e. The van der Waals surface area contributed by atoms with E-state index in [4.69, 9.17) is 27.9 Å². The van der Waals surface area contributed by atoms with E-state index in [2.05, 4.69) is 9.97 Å². The van der Waals surface area contributed by atoms with Crippen molar-refractivity contribution in [2.45, 2.75) is 19.1 Å². The molecule has 22 heavy (non-hydrogen) atoms.